The third-order valence-corrected chi connectivity index (χ3v) is 6.12. The number of morpholine rings is 1. The number of ether oxygens (including phenoxy) is 1. The van der Waals surface area contributed by atoms with E-state index in [1.807, 2.05) is 0 Å². The molecule has 7 heteroatoms. The smallest absolute Gasteiger partial charge is 0.182 e. The average Bonchev–Trinajstić information content (AvgIpc) is 2.37. The molecule has 1 aliphatic heterocycles. The van der Waals surface area contributed by atoms with Crippen molar-refractivity contribution < 1.29 is 13.2 Å². The van der Waals surface area contributed by atoms with Crippen LogP contribution in [0.1, 0.15) is 6.92 Å². The molecule has 1 fully saturated rings. The van der Waals surface area contributed by atoms with Crippen LogP contribution in [0.15, 0.2) is 27.6 Å². The highest BCUT2D eigenvalue weighted by atomic mass is 79.9. The molecule has 0 bridgehead atoms. The highest BCUT2D eigenvalue weighted by Crippen LogP contribution is 2.26. The second-order valence-electron chi connectivity index (χ2n) is 4.86. The molecule has 2 rings (SSSR count). The minimum absolute atomic E-state index is 0.00792. The van der Waals surface area contributed by atoms with Gasteiger partial charge in [0.15, 0.2) is 9.84 Å². The van der Waals surface area contributed by atoms with E-state index in [1.165, 1.54) is 6.07 Å². The van der Waals surface area contributed by atoms with Crippen molar-refractivity contribution in [2.45, 2.75) is 17.9 Å². The van der Waals surface area contributed by atoms with Gasteiger partial charge in [0.1, 0.15) is 0 Å². The highest BCUT2D eigenvalue weighted by molar-refractivity contribution is 9.10. The van der Waals surface area contributed by atoms with E-state index in [-0.39, 0.29) is 16.8 Å². The van der Waals surface area contributed by atoms with Crippen LogP contribution in [0.25, 0.3) is 0 Å². The van der Waals surface area contributed by atoms with Crippen molar-refractivity contribution in [3.8, 4) is 0 Å². The Morgan fingerprint density at radius 2 is 2.25 bits per heavy atom. The maximum atomic E-state index is 12.5. The van der Waals surface area contributed by atoms with Gasteiger partial charge < -0.3 is 10.5 Å². The lowest BCUT2D eigenvalue weighted by Gasteiger charge is -2.31. The van der Waals surface area contributed by atoms with E-state index in [1.54, 1.807) is 12.1 Å². The molecule has 2 N–H and O–H groups in total. The Morgan fingerprint density at radius 3 is 2.90 bits per heavy atom. The molecule has 1 aromatic rings. The molecule has 1 saturated heterocycles. The molecule has 0 radical (unpaired) electrons. The zero-order valence-electron chi connectivity index (χ0n) is 11.4. The van der Waals surface area contributed by atoms with Gasteiger partial charge in [0, 0.05) is 23.2 Å². The Bertz CT molecular complexity index is 577. The summed E-state index contributed by atoms with van der Waals surface area (Å²) < 4.78 is 31.0. The van der Waals surface area contributed by atoms with Gasteiger partial charge in [0.2, 0.25) is 0 Å². The molecular weight excluding hydrogens is 344 g/mol. The van der Waals surface area contributed by atoms with Crippen LogP contribution in [0.2, 0.25) is 0 Å². The molecule has 0 saturated carbocycles. The Balaban J connectivity index is 2.14. The monoisotopic (exact) mass is 362 g/mol. The fourth-order valence-corrected chi connectivity index (χ4v) is 4.91. The summed E-state index contributed by atoms with van der Waals surface area (Å²) >= 11 is 3.26. The lowest BCUT2D eigenvalue weighted by Crippen LogP contribution is -2.45. The normalized spacial score (nSPS) is 21.0. The van der Waals surface area contributed by atoms with E-state index < -0.39 is 9.84 Å². The molecule has 0 aliphatic carbocycles. The fourth-order valence-electron chi connectivity index (χ4n) is 2.27. The van der Waals surface area contributed by atoms with Gasteiger partial charge in [-0.2, -0.15) is 0 Å². The van der Waals surface area contributed by atoms with E-state index in [0.29, 0.717) is 23.3 Å². The van der Waals surface area contributed by atoms with Gasteiger partial charge in [-0.1, -0.05) is 6.92 Å². The molecule has 1 heterocycles. The molecule has 1 atom stereocenters. The first kappa shape index (κ1) is 15.8. The minimum atomic E-state index is -3.39. The van der Waals surface area contributed by atoms with Gasteiger partial charge in [-0.05, 0) is 40.7 Å². The molecule has 0 amide bonds. The number of halogens is 1. The fraction of sp³-hybridized carbons (Fsp3) is 0.538. The quantitative estimate of drug-likeness (QED) is 0.822. The number of anilines is 1. The molecule has 20 heavy (non-hydrogen) atoms. The van der Waals surface area contributed by atoms with Gasteiger partial charge in [0.25, 0.3) is 0 Å². The number of nitrogens with two attached hydrogens (primary N) is 1. The number of sulfone groups is 1. The molecular formula is C13H19BrN2O3S. The molecule has 0 spiro atoms. The van der Waals surface area contributed by atoms with Crippen molar-refractivity contribution in [1.29, 1.82) is 0 Å². The molecule has 1 aromatic carbocycles. The van der Waals surface area contributed by atoms with Crippen LogP contribution < -0.4 is 5.73 Å². The summed E-state index contributed by atoms with van der Waals surface area (Å²) in [6.07, 6.45) is -0.279. The van der Waals surface area contributed by atoms with Gasteiger partial charge in [-0.25, -0.2) is 8.42 Å². The van der Waals surface area contributed by atoms with Crippen LogP contribution in [0, 0.1) is 0 Å². The highest BCUT2D eigenvalue weighted by Gasteiger charge is 2.27. The number of hydrogen-bond donors (Lipinski definition) is 1. The maximum Gasteiger partial charge on any atom is 0.182 e. The number of likely N-dealkylation sites (N-methyl/N-ethyl adjacent to an activating group) is 1. The second kappa shape index (κ2) is 6.43. The molecule has 112 valence electrons. The summed E-state index contributed by atoms with van der Waals surface area (Å²) in [5, 5.41) is 0. The predicted octanol–water partition coefficient (Wildman–Crippen LogP) is 1.53. The summed E-state index contributed by atoms with van der Waals surface area (Å²) in [6.45, 7) is 5.07. The summed E-state index contributed by atoms with van der Waals surface area (Å²) in [5.74, 6) is -0.00792. The number of rotatable bonds is 4. The first-order valence-electron chi connectivity index (χ1n) is 6.54. The topological polar surface area (TPSA) is 72.6 Å². The number of nitrogens with zero attached hydrogens (tertiary/aromatic N) is 1. The number of hydrogen-bond acceptors (Lipinski definition) is 5. The average molecular weight is 363 g/mol. The zero-order chi connectivity index (χ0) is 14.8. The Labute approximate surface area is 128 Å². The lowest BCUT2D eigenvalue weighted by atomic mass is 10.3. The third kappa shape index (κ3) is 3.72. The summed E-state index contributed by atoms with van der Waals surface area (Å²) in [5.41, 5.74) is 6.16. The van der Waals surface area contributed by atoms with Crippen LogP contribution in [0.3, 0.4) is 0 Å². The Morgan fingerprint density at radius 1 is 1.50 bits per heavy atom. The Kier molecular flexibility index (Phi) is 5.06. The van der Waals surface area contributed by atoms with Crippen LogP contribution in [0.5, 0.6) is 0 Å². The van der Waals surface area contributed by atoms with E-state index in [2.05, 4.69) is 27.8 Å². The lowest BCUT2D eigenvalue weighted by molar-refractivity contribution is -0.0145. The van der Waals surface area contributed by atoms with Crippen molar-refractivity contribution in [3.63, 3.8) is 0 Å². The van der Waals surface area contributed by atoms with Crippen LogP contribution in [-0.2, 0) is 14.6 Å². The summed E-state index contributed by atoms with van der Waals surface area (Å²) in [7, 11) is -3.39. The summed E-state index contributed by atoms with van der Waals surface area (Å²) in [4.78, 5) is 2.46. The van der Waals surface area contributed by atoms with Gasteiger partial charge in [-0.15, -0.1) is 0 Å². The van der Waals surface area contributed by atoms with Crippen molar-refractivity contribution in [2.75, 3.05) is 37.7 Å². The summed E-state index contributed by atoms with van der Waals surface area (Å²) in [6, 6.07) is 4.74. The maximum absolute atomic E-state index is 12.5. The van der Waals surface area contributed by atoms with Gasteiger partial charge in [0.05, 0.1) is 23.4 Å². The minimum Gasteiger partial charge on any atom is -0.399 e. The molecule has 0 aromatic heterocycles. The van der Waals surface area contributed by atoms with E-state index in [9.17, 15) is 8.42 Å². The van der Waals surface area contributed by atoms with E-state index >= 15 is 0 Å². The second-order valence-corrected chi connectivity index (χ2v) is 7.71. The van der Waals surface area contributed by atoms with Crippen LogP contribution in [0.4, 0.5) is 5.69 Å². The zero-order valence-corrected chi connectivity index (χ0v) is 13.8. The van der Waals surface area contributed by atoms with Crippen molar-refractivity contribution in [3.05, 3.63) is 22.7 Å². The first-order chi connectivity index (χ1) is 9.42. The van der Waals surface area contributed by atoms with Gasteiger partial charge >= 0.3 is 0 Å². The molecule has 1 aliphatic rings. The number of nitrogen functional groups attached to an aromatic ring is 1. The van der Waals surface area contributed by atoms with Crippen molar-refractivity contribution in [2.24, 2.45) is 0 Å². The first-order valence-corrected chi connectivity index (χ1v) is 8.98. The van der Waals surface area contributed by atoms with Crippen molar-refractivity contribution in [1.82, 2.24) is 4.90 Å². The van der Waals surface area contributed by atoms with Crippen LogP contribution in [-0.4, -0.2) is 51.4 Å². The Hall–Kier alpha value is -0.630. The van der Waals surface area contributed by atoms with Crippen molar-refractivity contribution >= 4 is 31.5 Å². The van der Waals surface area contributed by atoms with E-state index in [0.717, 1.165) is 13.1 Å². The third-order valence-electron chi connectivity index (χ3n) is 3.37. The largest absolute Gasteiger partial charge is 0.399 e. The van der Waals surface area contributed by atoms with E-state index in [4.69, 9.17) is 10.5 Å². The van der Waals surface area contributed by atoms with Gasteiger partial charge in [-0.3, -0.25) is 4.90 Å². The predicted molar refractivity (Wildman–Crippen MR) is 82.5 cm³/mol. The SMILES string of the molecule is CCN1CCOC(CS(=O)(=O)c2ccc(N)cc2Br)C1. The number of benzene rings is 1. The molecule has 5 nitrogen and oxygen atoms in total. The molecule has 1 unspecified atom stereocenters. The standard InChI is InChI=1S/C13H19BrN2O3S/c1-2-16-5-6-19-11(8-16)9-20(17,18)13-4-3-10(15)7-12(13)14/h3-4,7,11H,2,5-6,8-9,15H2,1H3. The van der Waals surface area contributed by atoms with Crippen LogP contribution >= 0.6 is 15.9 Å².